The number of carbonyl (C=O) groups excluding carboxylic acids is 2. The lowest BCUT2D eigenvalue weighted by molar-refractivity contribution is -0.274. The minimum absolute atomic E-state index is 0.0517. The summed E-state index contributed by atoms with van der Waals surface area (Å²) in [5.41, 5.74) is 2.81. The lowest BCUT2D eigenvalue weighted by Gasteiger charge is -2.36. The number of benzene rings is 3. The van der Waals surface area contributed by atoms with Crippen LogP contribution in [0.3, 0.4) is 0 Å². The first kappa shape index (κ1) is 23.5. The Labute approximate surface area is 204 Å². The van der Waals surface area contributed by atoms with E-state index in [1.807, 2.05) is 59.2 Å². The van der Waals surface area contributed by atoms with Gasteiger partial charge in [0.05, 0.1) is 6.54 Å². The van der Waals surface area contributed by atoms with Gasteiger partial charge in [0.1, 0.15) is 17.5 Å². The van der Waals surface area contributed by atoms with Crippen LogP contribution in [-0.4, -0.2) is 33.7 Å². The molecule has 2 heterocycles. The molecule has 0 radical (unpaired) electrons. The summed E-state index contributed by atoms with van der Waals surface area (Å²) < 4.78 is 43.3. The highest BCUT2D eigenvalue weighted by atomic mass is 19.4. The maximum Gasteiger partial charge on any atom is 0.573 e. The molecular weight excluding hydrogens is 471 g/mol. The molecule has 6 nitrogen and oxygen atoms in total. The average Bonchev–Trinajstić information content (AvgIpc) is 3.24. The molecule has 1 aliphatic rings. The van der Waals surface area contributed by atoms with Crippen molar-refractivity contribution in [3.05, 3.63) is 102 Å². The molecule has 9 heteroatoms. The second-order valence-electron chi connectivity index (χ2n) is 8.54. The molecular formula is C27H22F3N3O3. The van der Waals surface area contributed by atoms with Gasteiger partial charge in [-0.25, -0.2) is 0 Å². The zero-order chi connectivity index (χ0) is 25.3. The van der Waals surface area contributed by atoms with Gasteiger partial charge in [0.2, 0.25) is 5.91 Å². The highest BCUT2D eigenvalue weighted by Gasteiger charge is 2.38. The van der Waals surface area contributed by atoms with E-state index in [-0.39, 0.29) is 30.7 Å². The van der Waals surface area contributed by atoms with Gasteiger partial charge in [-0.2, -0.15) is 0 Å². The number of para-hydroxylation sites is 1. The van der Waals surface area contributed by atoms with Crippen LogP contribution < -0.4 is 10.1 Å². The van der Waals surface area contributed by atoms with Crippen LogP contribution in [0, 0.1) is 0 Å². The number of amides is 2. The molecule has 0 spiro atoms. The average molecular weight is 493 g/mol. The van der Waals surface area contributed by atoms with Crippen LogP contribution in [-0.2, 0) is 24.4 Å². The number of hydrogen-bond acceptors (Lipinski definition) is 3. The fourth-order valence-electron chi connectivity index (χ4n) is 4.45. The van der Waals surface area contributed by atoms with Crippen molar-refractivity contribution in [3.8, 4) is 5.75 Å². The maximum atomic E-state index is 13.6. The number of rotatable bonds is 6. The molecule has 0 aliphatic carbocycles. The third-order valence-electron chi connectivity index (χ3n) is 6.14. The summed E-state index contributed by atoms with van der Waals surface area (Å²) in [6.45, 7) is 0.613. The standard InChI is InChI=1S/C27H22F3N3O3/c28-27(29,30)36-21-12-10-19(11-13-21)16-33-24(25(34)31-15-18-6-2-1-3-7-18)17-32-22-9-5-4-8-20(22)14-23(32)26(33)35/h1-14,24H,15-17H2,(H,31,34)/t24-/m0/s1. The molecule has 0 bridgehead atoms. The molecule has 4 aromatic rings. The molecule has 1 aliphatic heterocycles. The number of aromatic nitrogens is 1. The van der Waals surface area contributed by atoms with Crippen molar-refractivity contribution < 1.29 is 27.5 Å². The summed E-state index contributed by atoms with van der Waals surface area (Å²) in [5, 5.41) is 3.81. The van der Waals surface area contributed by atoms with Crippen LogP contribution in [0.4, 0.5) is 13.2 Å². The number of carbonyl (C=O) groups is 2. The highest BCUT2D eigenvalue weighted by molar-refractivity contribution is 6.02. The van der Waals surface area contributed by atoms with Gasteiger partial charge < -0.3 is 19.5 Å². The summed E-state index contributed by atoms with van der Waals surface area (Å²) in [6, 6.07) is 23.3. The molecule has 0 unspecified atom stereocenters. The Bertz CT molecular complexity index is 1400. The molecule has 1 aromatic heterocycles. The van der Waals surface area contributed by atoms with Gasteiger partial charge in [-0.15, -0.1) is 13.2 Å². The molecule has 1 N–H and O–H groups in total. The van der Waals surface area contributed by atoms with Crippen LogP contribution in [0.5, 0.6) is 5.75 Å². The van der Waals surface area contributed by atoms with Crippen LogP contribution >= 0.6 is 0 Å². The molecule has 1 atom stereocenters. The smallest absolute Gasteiger partial charge is 0.406 e. The SMILES string of the molecule is O=C(NCc1ccccc1)[C@@H]1Cn2c(cc3ccccc32)C(=O)N1Cc1ccc(OC(F)(F)F)cc1. The normalized spacial score (nSPS) is 15.6. The minimum Gasteiger partial charge on any atom is -0.406 e. The van der Waals surface area contributed by atoms with Crippen molar-refractivity contribution in [3.63, 3.8) is 0 Å². The zero-order valence-electron chi connectivity index (χ0n) is 19.0. The lowest BCUT2D eigenvalue weighted by Crippen LogP contribution is -2.54. The van der Waals surface area contributed by atoms with Crippen molar-refractivity contribution in [1.82, 2.24) is 14.8 Å². The van der Waals surface area contributed by atoms with E-state index < -0.39 is 12.4 Å². The molecule has 5 rings (SSSR count). The Morgan fingerprint density at radius 2 is 1.64 bits per heavy atom. The van der Waals surface area contributed by atoms with Gasteiger partial charge >= 0.3 is 6.36 Å². The lowest BCUT2D eigenvalue weighted by atomic mass is 10.1. The first-order valence-electron chi connectivity index (χ1n) is 11.3. The molecule has 0 saturated carbocycles. The Balaban J connectivity index is 1.43. The zero-order valence-corrected chi connectivity index (χ0v) is 19.0. The number of alkyl halides is 3. The Hall–Kier alpha value is -4.27. The van der Waals surface area contributed by atoms with E-state index in [0.29, 0.717) is 17.8 Å². The van der Waals surface area contributed by atoms with Crippen LogP contribution in [0.25, 0.3) is 10.9 Å². The first-order chi connectivity index (χ1) is 17.3. The van der Waals surface area contributed by atoms with Gasteiger partial charge in [-0.1, -0.05) is 60.7 Å². The molecule has 0 fully saturated rings. The number of nitrogens with zero attached hydrogens (tertiary/aromatic N) is 2. The molecule has 0 saturated heterocycles. The summed E-state index contributed by atoms with van der Waals surface area (Å²) >= 11 is 0. The van der Waals surface area contributed by atoms with Crippen LogP contribution in [0.2, 0.25) is 0 Å². The van der Waals surface area contributed by atoms with E-state index in [1.165, 1.54) is 29.2 Å². The van der Waals surface area contributed by atoms with E-state index >= 15 is 0 Å². The molecule has 3 aromatic carbocycles. The van der Waals surface area contributed by atoms with Crippen molar-refractivity contribution in [2.24, 2.45) is 0 Å². The number of nitrogens with one attached hydrogen (secondary N) is 1. The van der Waals surface area contributed by atoms with Gasteiger partial charge in [0.15, 0.2) is 0 Å². The van der Waals surface area contributed by atoms with Crippen molar-refractivity contribution in [2.75, 3.05) is 0 Å². The highest BCUT2D eigenvalue weighted by Crippen LogP contribution is 2.29. The number of ether oxygens (including phenoxy) is 1. The monoisotopic (exact) mass is 493 g/mol. The van der Waals surface area contributed by atoms with Crippen molar-refractivity contribution in [1.29, 1.82) is 0 Å². The second-order valence-corrected chi connectivity index (χ2v) is 8.54. The maximum absolute atomic E-state index is 13.6. The largest absolute Gasteiger partial charge is 0.573 e. The van der Waals surface area contributed by atoms with Crippen LogP contribution in [0.1, 0.15) is 21.6 Å². The van der Waals surface area contributed by atoms with Crippen molar-refractivity contribution >= 4 is 22.7 Å². The Morgan fingerprint density at radius 1 is 0.944 bits per heavy atom. The Morgan fingerprint density at radius 3 is 2.36 bits per heavy atom. The third-order valence-corrected chi connectivity index (χ3v) is 6.14. The summed E-state index contributed by atoms with van der Waals surface area (Å²) in [5.74, 6) is -0.992. The molecule has 2 amide bonds. The predicted octanol–water partition coefficient (Wildman–Crippen LogP) is 4.88. The van der Waals surface area contributed by atoms with E-state index in [2.05, 4.69) is 10.1 Å². The minimum atomic E-state index is -4.79. The summed E-state index contributed by atoms with van der Waals surface area (Å²) in [4.78, 5) is 28.4. The predicted molar refractivity (Wildman–Crippen MR) is 127 cm³/mol. The third kappa shape index (κ3) is 4.91. The fourth-order valence-corrected chi connectivity index (χ4v) is 4.45. The number of halogens is 3. The second kappa shape index (κ2) is 9.41. The molecule has 36 heavy (non-hydrogen) atoms. The number of hydrogen-bond donors (Lipinski definition) is 1. The quantitative estimate of drug-likeness (QED) is 0.417. The fraction of sp³-hybridized carbons (Fsp3) is 0.185. The van der Waals surface area contributed by atoms with E-state index in [9.17, 15) is 22.8 Å². The van der Waals surface area contributed by atoms with E-state index in [4.69, 9.17) is 0 Å². The van der Waals surface area contributed by atoms with Crippen molar-refractivity contribution in [2.45, 2.75) is 32.0 Å². The van der Waals surface area contributed by atoms with Crippen LogP contribution in [0.15, 0.2) is 84.9 Å². The van der Waals surface area contributed by atoms with Gasteiger partial charge in [0.25, 0.3) is 5.91 Å². The summed E-state index contributed by atoms with van der Waals surface area (Å²) in [6.07, 6.45) is -4.79. The molecule has 184 valence electrons. The topological polar surface area (TPSA) is 63.6 Å². The number of fused-ring (bicyclic) bond motifs is 3. The first-order valence-corrected chi connectivity index (χ1v) is 11.3. The summed E-state index contributed by atoms with van der Waals surface area (Å²) in [7, 11) is 0. The van der Waals surface area contributed by atoms with Gasteiger partial charge in [-0.3, -0.25) is 9.59 Å². The Kier molecular flexibility index (Phi) is 6.13. The van der Waals surface area contributed by atoms with E-state index in [1.54, 1.807) is 6.07 Å². The van der Waals surface area contributed by atoms with Gasteiger partial charge in [-0.05, 0) is 35.4 Å². The van der Waals surface area contributed by atoms with Gasteiger partial charge in [0, 0.05) is 24.0 Å². The van der Waals surface area contributed by atoms with E-state index in [0.717, 1.165) is 16.5 Å².